The summed E-state index contributed by atoms with van der Waals surface area (Å²) in [5, 5.41) is 14.5. The van der Waals surface area contributed by atoms with E-state index in [0.717, 1.165) is 26.4 Å². The highest BCUT2D eigenvalue weighted by Gasteiger charge is 2.14. The lowest BCUT2D eigenvalue weighted by molar-refractivity contribution is 0.727. The first kappa shape index (κ1) is 11.6. The first-order valence-corrected chi connectivity index (χ1v) is 6.82. The highest BCUT2D eigenvalue weighted by molar-refractivity contribution is 7.19. The number of nitrogens with zero attached hydrogens (tertiary/aromatic N) is 4. The molecule has 0 aliphatic heterocycles. The molecule has 0 atom stereocenters. The molecule has 6 heteroatoms. The van der Waals surface area contributed by atoms with E-state index in [4.69, 9.17) is 11.6 Å². The van der Waals surface area contributed by atoms with Gasteiger partial charge in [0, 0.05) is 16.5 Å². The van der Waals surface area contributed by atoms with Crippen LogP contribution in [0.5, 0.6) is 0 Å². The fraction of sp³-hybridized carbons (Fsp3) is 0.250. The van der Waals surface area contributed by atoms with Crippen LogP contribution in [-0.2, 0) is 0 Å². The van der Waals surface area contributed by atoms with Crippen molar-refractivity contribution in [2.45, 2.75) is 19.8 Å². The summed E-state index contributed by atoms with van der Waals surface area (Å²) in [7, 11) is 0. The van der Waals surface area contributed by atoms with Crippen molar-refractivity contribution in [2.24, 2.45) is 0 Å². The standard InChI is InChI=1S/C12H11ClN4S/c1-7(2)10-14-15-12-17(10)16-11(18-12)8-3-5-9(13)6-4-8/h3-7H,1-2H3. The third kappa shape index (κ3) is 1.89. The summed E-state index contributed by atoms with van der Waals surface area (Å²) in [5.74, 6) is 1.20. The van der Waals surface area contributed by atoms with E-state index in [2.05, 4.69) is 29.1 Å². The molecule has 0 unspecified atom stereocenters. The predicted molar refractivity (Wildman–Crippen MR) is 73.2 cm³/mol. The van der Waals surface area contributed by atoms with E-state index in [9.17, 15) is 0 Å². The minimum Gasteiger partial charge on any atom is -0.187 e. The Morgan fingerprint density at radius 2 is 1.89 bits per heavy atom. The summed E-state index contributed by atoms with van der Waals surface area (Å²) < 4.78 is 1.82. The number of fused-ring (bicyclic) bond motifs is 1. The van der Waals surface area contributed by atoms with Crippen molar-refractivity contribution in [3.05, 3.63) is 35.1 Å². The minimum absolute atomic E-state index is 0.306. The van der Waals surface area contributed by atoms with Gasteiger partial charge < -0.3 is 0 Å². The maximum Gasteiger partial charge on any atom is 0.234 e. The Hall–Kier alpha value is -1.46. The van der Waals surface area contributed by atoms with Gasteiger partial charge in [-0.25, -0.2) is 0 Å². The van der Waals surface area contributed by atoms with Crippen LogP contribution in [0.4, 0.5) is 0 Å². The molecule has 2 aromatic heterocycles. The molecule has 3 rings (SSSR count). The van der Waals surface area contributed by atoms with E-state index < -0.39 is 0 Å². The van der Waals surface area contributed by atoms with Gasteiger partial charge in [-0.2, -0.15) is 9.61 Å². The quantitative estimate of drug-likeness (QED) is 0.719. The molecule has 0 amide bonds. The lowest BCUT2D eigenvalue weighted by atomic mass is 10.2. The molecule has 2 heterocycles. The highest BCUT2D eigenvalue weighted by atomic mass is 35.5. The van der Waals surface area contributed by atoms with Crippen LogP contribution in [0, 0.1) is 0 Å². The number of hydrogen-bond donors (Lipinski definition) is 0. The van der Waals surface area contributed by atoms with Crippen LogP contribution in [-0.4, -0.2) is 19.8 Å². The summed E-state index contributed by atoms with van der Waals surface area (Å²) >= 11 is 7.41. The average Bonchev–Trinajstić information content (AvgIpc) is 2.88. The summed E-state index contributed by atoms with van der Waals surface area (Å²) in [4.78, 5) is 0.823. The topological polar surface area (TPSA) is 43.1 Å². The van der Waals surface area contributed by atoms with Crippen molar-refractivity contribution in [3.63, 3.8) is 0 Å². The largest absolute Gasteiger partial charge is 0.234 e. The zero-order valence-electron chi connectivity index (χ0n) is 9.96. The van der Waals surface area contributed by atoms with Gasteiger partial charge in [0.2, 0.25) is 4.96 Å². The Morgan fingerprint density at radius 3 is 2.56 bits per heavy atom. The average molecular weight is 279 g/mol. The van der Waals surface area contributed by atoms with Crippen LogP contribution in [0.1, 0.15) is 25.6 Å². The maximum absolute atomic E-state index is 5.88. The molecule has 3 aromatic rings. The van der Waals surface area contributed by atoms with Gasteiger partial charge in [0.1, 0.15) is 5.01 Å². The zero-order chi connectivity index (χ0) is 12.7. The van der Waals surface area contributed by atoms with Gasteiger partial charge in [-0.1, -0.05) is 48.9 Å². The van der Waals surface area contributed by atoms with E-state index in [-0.39, 0.29) is 0 Å². The molecule has 0 fully saturated rings. The zero-order valence-corrected chi connectivity index (χ0v) is 11.5. The number of halogens is 1. The molecular weight excluding hydrogens is 268 g/mol. The number of rotatable bonds is 2. The second kappa shape index (κ2) is 4.33. The molecule has 0 saturated carbocycles. The molecule has 0 bridgehead atoms. The molecule has 0 radical (unpaired) electrons. The van der Waals surface area contributed by atoms with Gasteiger partial charge in [-0.15, -0.1) is 10.2 Å². The Labute approximate surface area is 113 Å². The summed E-state index contributed by atoms with van der Waals surface area (Å²) in [5.41, 5.74) is 1.05. The fourth-order valence-electron chi connectivity index (χ4n) is 1.70. The van der Waals surface area contributed by atoms with E-state index >= 15 is 0 Å². The van der Waals surface area contributed by atoms with E-state index in [1.807, 2.05) is 28.8 Å². The van der Waals surface area contributed by atoms with Crippen molar-refractivity contribution in [3.8, 4) is 10.6 Å². The number of hydrogen-bond acceptors (Lipinski definition) is 4. The predicted octanol–water partition coefficient (Wildman–Crippen LogP) is 3.63. The Bertz CT molecular complexity index is 684. The minimum atomic E-state index is 0.306. The third-order valence-electron chi connectivity index (χ3n) is 2.62. The Balaban J connectivity index is 2.11. The molecule has 0 saturated heterocycles. The van der Waals surface area contributed by atoms with Crippen molar-refractivity contribution < 1.29 is 0 Å². The van der Waals surface area contributed by atoms with Crippen LogP contribution in [0.25, 0.3) is 15.5 Å². The van der Waals surface area contributed by atoms with E-state index in [1.54, 1.807) is 0 Å². The highest BCUT2D eigenvalue weighted by Crippen LogP contribution is 2.27. The molecule has 92 valence electrons. The van der Waals surface area contributed by atoms with Crippen LogP contribution in [0.2, 0.25) is 5.02 Å². The summed E-state index contributed by atoms with van der Waals surface area (Å²) in [6, 6.07) is 7.65. The first-order valence-electron chi connectivity index (χ1n) is 5.63. The Morgan fingerprint density at radius 1 is 1.17 bits per heavy atom. The van der Waals surface area contributed by atoms with Gasteiger partial charge in [0.25, 0.3) is 0 Å². The molecular formula is C12H11ClN4S. The SMILES string of the molecule is CC(C)c1nnc2sc(-c3ccc(Cl)cc3)nn12. The first-order chi connectivity index (χ1) is 8.65. The third-order valence-corrected chi connectivity index (χ3v) is 3.82. The van der Waals surface area contributed by atoms with Crippen LogP contribution in [0.15, 0.2) is 24.3 Å². The fourth-order valence-corrected chi connectivity index (χ4v) is 2.68. The van der Waals surface area contributed by atoms with Crippen molar-refractivity contribution in [2.75, 3.05) is 0 Å². The second-order valence-electron chi connectivity index (χ2n) is 4.32. The molecule has 0 spiro atoms. The molecule has 18 heavy (non-hydrogen) atoms. The lowest BCUT2D eigenvalue weighted by Crippen LogP contribution is -1.97. The van der Waals surface area contributed by atoms with E-state index in [0.29, 0.717) is 5.92 Å². The molecule has 0 aliphatic carbocycles. The molecule has 1 aromatic carbocycles. The summed E-state index contributed by atoms with van der Waals surface area (Å²) in [6.45, 7) is 4.16. The lowest BCUT2D eigenvalue weighted by Gasteiger charge is -1.98. The number of aromatic nitrogens is 4. The van der Waals surface area contributed by atoms with Gasteiger partial charge in [-0.05, 0) is 12.1 Å². The van der Waals surface area contributed by atoms with Gasteiger partial charge in [0.05, 0.1) is 0 Å². The van der Waals surface area contributed by atoms with Crippen molar-refractivity contribution >= 4 is 27.9 Å². The van der Waals surface area contributed by atoms with Gasteiger partial charge in [0.15, 0.2) is 5.82 Å². The van der Waals surface area contributed by atoms with Gasteiger partial charge >= 0.3 is 0 Å². The van der Waals surface area contributed by atoms with Crippen LogP contribution >= 0.6 is 22.9 Å². The van der Waals surface area contributed by atoms with Crippen LogP contribution < -0.4 is 0 Å². The van der Waals surface area contributed by atoms with Crippen LogP contribution in [0.3, 0.4) is 0 Å². The monoisotopic (exact) mass is 278 g/mol. The maximum atomic E-state index is 5.88. The van der Waals surface area contributed by atoms with Crippen molar-refractivity contribution in [1.82, 2.24) is 19.8 Å². The summed E-state index contributed by atoms with van der Waals surface area (Å²) in [6.07, 6.45) is 0. The number of benzene rings is 1. The normalized spacial score (nSPS) is 11.6. The van der Waals surface area contributed by atoms with Crippen molar-refractivity contribution in [1.29, 1.82) is 0 Å². The van der Waals surface area contributed by atoms with E-state index in [1.165, 1.54) is 11.3 Å². The van der Waals surface area contributed by atoms with Gasteiger partial charge in [-0.3, -0.25) is 0 Å². The smallest absolute Gasteiger partial charge is 0.187 e. The molecule has 0 N–H and O–H groups in total. The molecule has 4 nitrogen and oxygen atoms in total. The second-order valence-corrected chi connectivity index (χ2v) is 5.71. The molecule has 0 aliphatic rings. The Kier molecular flexibility index (Phi) is 2.80.